The van der Waals surface area contributed by atoms with Crippen molar-refractivity contribution in [2.75, 3.05) is 13.1 Å². The molecule has 1 N–H and O–H groups in total. The highest BCUT2D eigenvalue weighted by molar-refractivity contribution is 7.10. The summed E-state index contributed by atoms with van der Waals surface area (Å²) in [5, 5.41) is 11.7. The topological polar surface area (TPSA) is 23.5 Å². The molecule has 2 nitrogen and oxygen atoms in total. The lowest BCUT2D eigenvalue weighted by Crippen LogP contribution is -2.37. The summed E-state index contributed by atoms with van der Waals surface area (Å²) >= 11 is 1.82. The van der Waals surface area contributed by atoms with E-state index in [4.69, 9.17) is 0 Å². The molecule has 0 bridgehead atoms. The molecule has 1 aliphatic rings. The third-order valence-corrected chi connectivity index (χ3v) is 3.82. The van der Waals surface area contributed by atoms with Gasteiger partial charge < -0.3 is 5.11 Å². The van der Waals surface area contributed by atoms with Crippen molar-refractivity contribution >= 4 is 11.3 Å². The molecule has 14 heavy (non-hydrogen) atoms. The highest BCUT2D eigenvalue weighted by Gasteiger charge is 2.18. The zero-order valence-electron chi connectivity index (χ0n) is 8.57. The summed E-state index contributed by atoms with van der Waals surface area (Å²) in [6.45, 7) is 5.15. The number of thiophene rings is 1. The molecule has 1 fully saturated rings. The van der Waals surface area contributed by atoms with E-state index in [1.807, 2.05) is 11.3 Å². The second kappa shape index (κ2) is 4.43. The number of aliphatic hydroxyl groups is 1. The van der Waals surface area contributed by atoms with Crippen molar-refractivity contribution in [3.8, 4) is 0 Å². The number of piperidine rings is 1. The molecule has 0 unspecified atom stereocenters. The third-order valence-electron chi connectivity index (χ3n) is 2.82. The van der Waals surface area contributed by atoms with Crippen LogP contribution in [0.4, 0.5) is 0 Å². The molecular weight excluding hydrogens is 194 g/mol. The Labute approximate surface area is 89.2 Å². The van der Waals surface area contributed by atoms with E-state index in [2.05, 4.69) is 23.3 Å². The second-order valence-electron chi connectivity index (χ2n) is 4.06. The fourth-order valence-electron chi connectivity index (χ4n) is 1.94. The Morgan fingerprint density at radius 2 is 2.50 bits per heavy atom. The molecule has 0 amide bonds. The van der Waals surface area contributed by atoms with Crippen LogP contribution in [0.15, 0.2) is 11.4 Å². The summed E-state index contributed by atoms with van der Waals surface area (Å²) in [6.07, 6.45) is 2.00. The van der Waals surface area contributed by atoms with Gasteiger partial charge in [0.2, 0.25) is 0 Å². The first-order valence-corrected chi connectivity index (χ1v) is 6.07. The minimum atomic E-state index is -0.107. The van der Waals surface area contributed by atoms with E-state index >= 15 is 0 Å². The predicted octanol–water partition coefficient (Wildman–Crippen LogP) is 2.01. The maximum absolute atomic E-state index is 9.54. The Balaban J connectivity index is 1.94. The summed E-state index contributed by atoms with van der Waals surface area (Å²) in [7, 11) is 0. The van der Waals surface area contributed by atoms with Crippen LogP contribution in [0, 0.1) is 6.92 Å². The number of aryl methyl sites for hydroxylation is 1. The largest absolute Gasteiger partial charge is 0.392 e. The van der Waals surface area contributed by atoms with Crippen LogP contribution in [0.25, 0.3) is 0 Å². The van der Waals surface area contributed by atoms with E-state index in [-0.39, 0.29) is 6.10 Å². The van der Waals surface area contributed by atoms with Gasteiger partial charge >= 0.3 is 0 Å². The molecule has 0 aliphatic carbocycles. The van der Waals surface area contributed by atoms with Crippen molar-refractivity contribution in [2.45, 2.75) is 32.4 Å². The van der Waals surface area contributed by atoms with Crippen LogP contribution in [0.1, 0.15) is 23.3 Å². The summed E-state index contributed by atoms with van der Waals surface area (Å²) < 4.78 is 0. The quantitative estimate of drug-likeness (QED) is 0.809. The van der Waals surface area contributed by atoms with Crippen LogP contribution in [0.3, 0.4) is 0 Å². The molecule has 2 heterocycles. The van der Waals surface area contributed by atoms with Crippen LogP contribution in [0.5, 0.6) is 0 Å². The van der Waals surface area contributed by atoms with Gasteiger partial charge in [0.15, 0.2) is 0 Å². The standard InChI is InChI=1S/C11H17NOS/c1-9-4-6-14-11(9)8-12-5-2-3-10(13)7-12/h4,6,10,13H,2-3,5,7-8H2,1H3/t10-/m1/s1. The zero-order chi connectivity index (χ0) is 9.97. The number of hydrogen-bond donors (Lipinski definition) is 1. The minimum Gasteiger partial charge on any atom is -0.392 e. The highest BCUT2D eigenvalue weighted by atomic mass is 32.1. The molecular formula is C11H17NOS. The van der Waals surface area contributed by atoms with Gasteiger partial charge in [0.1, 0.15) is 0 Å². The molecule has 1 saturated heterocycles. The average molecular weight is 211 g/mol. The maximum atomic E-state index is 9.54. The first-order valence-electron chi connectivity index (χ1n) is 5.19. The van der Waals surface area contributed by atoms with Gasteiger partial charge in [-0.05, 0) is 43.3 Å². The van der Waals surface area contributed by atoms with Crippen LogP contribution >= 0.6 is 11.3 Å². The molecule has 1 aromatic rings. The first kappa shape index (κ1) is 10.1. The smallest absolute Gasteiger partial charge is 0.0667 e. The van der Waals surface area contributed by atoms with Crippen LogP contribution in [0.2, 0.25) is 0 Å². The molecule has 0 saturated carbocycles. The Morgan fingerprint density at radius 3 is 3.14 bits per heavy atom. The Kier molecular flexibility index (Phi) is 3.21. The number of β-amino-alcohol motifs (C(OH)–C–C–N with tert-alkyl or cyclic N) is 1. The van der Waals surface area contributed by atoms with E-state index in [0.29, 0.717) is 0 Å². The van der Waals surface area contributed by atoms with Gasteiger partial charge in [0.05, 0.1) is 6.10 Å². The zero-order valence-corrected chi connectivity index (χ0v) is 9.39. The van der Waals surface area contributed by atoms with Gasteiger partial charge in [-0.2, -0.15) is 0 Å². The SMILES string of the molecule is Cc1ccsc1CN1CCC[C@@H](O)C1. The Hall–Kier alpha value is -0.380. The lowest BCUT2D eigenvalue weighted by atomic mass is 10.1. The lowest BCUT2D eigenvalue weighted by Gasteiger charge is -2.29. The Morgan fingerprint density at radius 1 is 1.64 bits per heavy atom. The van der Waals surface area contributed by atoms with Crippen molar-refractivity contribution in [1.29, 1.82) is 0 Å². The van der Waals surface area contributed by atoms with Gasteiger partial charge in [-0.25, -0.2) is 0 Å². The summed E-state index contributed by atoms with van der Waals surface area (Å²) in [6, 6.07) is 2.17. The number of likely N-dealkylation sites (tertiary alicyclic amines) is 1. The third kappa shape index (κ3) is 2.35. The molecule has 0 radical (unpaired) electrons. The average Bonchev–Trinajstić information content (AvgIpc) is 2.52. The van der Waals surface area contributed by atoms with E-state index in [1.54, 1.807) is 0 Å². The van der Waals surface area contributed by atoms with Gasteiger partial charge in [0.25, 0.3) is 0 Å². The monoisotopic (exact) mass is 211 g/mol. The molecule has 0 spiro atoms. The molecule has 0 aromatic carbocycles. The van der Waals surface area contributed by atoms with E-state index in [0.717, 1.165) is 32.5 Å². The lowest BCUT2D eigenvalue weighted by molar-refractivity contribution is 0.0673. The van der Waals surface area contributed by atoms with Gasteiger partial charge in [0, 0.05) is 18.0 Å². The molecule has 2 rings (SSSR count). The molecule has 1 aliphatic heterocycles. The van der Waals surface area contributed by atoms with Crippen molar-refractivity contribution in [3.63, 3.8) is 0 Å². The number of rotatable bonds is 2. The number of nitrogens with zero attached hydrogens (tertiary/aromatic N) is 1. The fraction of sp³-hybridized carbons (Fsp3) is 0.636. The summed E-state index contributed by atoms with van der Waals surface area (Å²) in [4.78, 5) is 3.80. The van der Waals surface area contributed by atoms with Gasteiger partial charge in [-0.1, -0.05) is 0 Å². The molecule has 1 aromatic heterocycles. The Bertz CT molecular complexity index is 297. The van der Waals surface area contributed by atoms with E-state index in [9.17, 15) is 5.11 Å². The molecule has 1 atom stereocenters. The van der Waals surface area contributed by atoms with Gasteiger partial charge in [-0.15, -0.1) is 11.3 Å². The summed E-state index contributed by atoms with van der Waals surface area (Å²) in [5.74, 6) is 0. The van der Waals surface area contributed by atoms with Crippen LogP contribution in [-0.2, 0) is 6.54 Å². The van der Waals surface area contributed by atoms with Crippen molar-refractivity contribution in [3.05, 3.63) is 21.9 Å². The van der Waals surface area contributed by atoms with Crippen LogP contribution < -0.4 is 0 Å². The number of hydrogen-bond acceptors (Lipinski definition) is 3. The second-order valence-corrected chi connectivity index (χ2v) is 5.06. The highest BCUT2D eigenvalue weighted by Crippen LogP contribution is 2.20. The van der Waals surface area contributed by atoms with Crippen molar-refractivity contribution in [1.82, 2.24) is 4.90 Å². The number of aliphatic hydroxyl groups excluding tert-OH is 1. The van der Waals surface area contributed by atoms with Gasteiger partial charge in [-0.3, -0.25) is 4.90 Å². The predicted molar refractivity (Wildman–Crippen MR) is 59.6 cm³/mol. The molecule has 3 heteroatoms. The van der Waals surface area contributed by atoms with Crippen molar-refractivity contribution < 1.29 is 5.11 Å². The summed E-state index contributed by atoms with van der Waals surface area (Å²) in [5.41, 5.74) is 1.38. The minimum absolute atomic E-state index is 0.107. The first-order chi connectivity index (χ1) is 6.75. The maximum Gasteiger partial charge on any atom is 0.0667 e. The van der Waals surface area contributed by atoms with E-state index in [1.165, 1.54) is 10.4 Å². The molecule has 78 valence electrons. The normalized spacial score (nSPS) is 24.0. The van der Waals surface area contributed by atoms with E-state index < -0.39 is 0 Å². The fourth-order valence-corrected chi connectivity index (χ4v) is 2.89. The van der Waals surface area contributed by atoms with Crippen LogP contribution in [-0.4, -0.2) is 29.2 Å². The van der Waals surface area contributed by atoms with Crippen molar-refractivity contribution in [2.24, 2.45) is 0 Å².